The number of allylic oxidation sites excluding steroid dienone is 3. The highest BCUT2D eigenvalue weighted by Gasteiger charge is 2.31. The maximum atomic E-state index is 12.0. The van der Waals surface area contributed by atoms with Crippen molar-refractivity contribution in [3.05, 3.63) is 24.3 Å². The smallest absolute Gasteiger partial charge is 0.328 e. The fraction of sp³-hybridized carbons (Fsp3) is 0.571. The summed E-state index contributed by atoms with van der Waals surface area (Å²) in [5.74, 6) is -0.407. The van der Waals surface area contributed by atoms with Crippen molar-refractivity contribution in [2.24, 2.45) is 0 Å². The summed E-state index contributed by atoms with van der Waals surface area (Å²) >= 11 is 0. The van der Waals surface area contributed by atoms with Crippen LogP contribution in [-0.2, 0) is 14.3 Å². The second kappa shape index (κ2) is 7.69. The van der Waals surface area contributed by atoms with Crippen LogP contribution in [0.3, 0.4) is 0 Å². The van der Waals surface area contributed by atoms with Crippen LogP contribution < -0.4 is 0 Å². The van der Waals surface area contributed by atoms with Gasteiger partial charge in [0.25, 0.3) is 0 Å². The number of ether oxygens (including phenoxy) is 1. The molecule has 1 aliphatic rings. The number of likely N-dealkylation sites (tertiary alicyclic amines) is 1. The van der Waals surface area contributed by atoms with E-state index >= 15 is 0 Å². The molecule has 0 aromatic carbocycles. The van der Waals surface area contributed by atoms with Gasteiger partial charge in [-0.2, -0.15) is 0 Å². The van der Waals surface area contributed by atoms with E-state index in [1.807, 2.05) is 13.0 Å². The first-order valence-corrected chi connectivity index (χ1v) is 6.47. The predicted molar refractivity (Wildman–Crippen MR) is 69.9 cm³/mol. The van der Waals surface area contributed by atoms with Crippen molar-refractivity contribution < 1.29 is 14.3 Å². The molecule has 18 heavy (non-hydrogen) atoms. The Bertz CT molecular complexity index is 347. The van der Waals surface area contributed by atoms with E-state index in [0.29, 0.717) is 19.6 Å². The first kappa shape index (κ1) is 14.5. The Labute approximate surface area is 108 Å². The van der Waals surface area contributed by atoms with Crippen molar-refractivity contribution in [3.63, 3.8) is 0 Å². The van der Waals surface area contributed by atoms with Gasteiger partial charge in [-0.3, -0.25) is 4.79 Å². The van der Waals surface area contributed by atoms with Crippen LogP contribution in [0.5, 0.6) is 0 Å². The van der Waals surface area contributed by atoms with Gasteiger partial charge in [0, 0.05) is 12.6 Å². The van der Waals surface area contributed by atoms with Gasteiger partial charge in [0.05, 0.1) is 6.61 Å². The zero-order chi connectivity index (χ0) is 13.4. The molecular formula is C14H21NO3. The molecule has 1 unspecified atom stereocenters. The third kappa shape index (κ3) is 4.02. The molecule has 4 nitrogen and oxygen atoms in total. The summed E-state index contributed by atoms with van der Waals surface area (Å²) in [6, 6.07) is -0.415. The summed E-state index contributed by atoms with van der Waals surface area (Å²) < 4.78 is 5.02. The van der Waals surface area contributed by atoms with Crippen molar-refractivity contribution in [1.82, 2.24) is 4.90 Å². The van der Waals surface area contributed by atoms with Gasteiger partial charge in [0.1, 0.15) is 6.04 Å². The highest BCUT2D eigenvalue weighted by Crippen LogP contribution is 2.18. The Hall–Kier alpha value is -1.58. The topological polar surface area (TPSA) is 46.6 Å². The Morgan fingerprint density at radius 3 is 2.78 bits per heavy atom. The van der Waals surface area contributed by atoms with Gasteiger partial charge in [0.15, 0.2) is 0 Å². The molecule has 1 heterocycles. The zero-order valence-electron chi connectivity index (χ0n) is 11.1. The first-order chi connectivity index (χ1) is 8.70. The van der Waals surface area contributed by atoms with Crippen LogP contribution in [0.2, 0.25) is 0 Å². The van der Waals surface area contributed by atoms with Gasteiger partial charge in [-0.1, -0.05) is 18.2 Å². The van der Waals surface area contributed by atoms with Crippen molar-refractivity contribution in [3.8, 4) is 0 Å². The maximum Gasteiger partial charge on any atom is 0.328 e. The lowest BCUT2D eigenvalue weighted by molar-refractivity contribution is -0.155. The van der Waals surface area contributed by atoms with Gasteiger partial charge in [-0.25, -0.2) is 4.79 Å². The van der Waals surface area contributed by atoms with Crippen LogP contribution in [0.4, 0.5) is 0 Å². The minimum Gasteiger partial charge on any atom is -0.464 e. The molecule has 0 spiro atoms. The van der Waals surface area contributed by atoms with E-state index in [1.54, 1.807) is 24.0 Å². The highest BCUT2D eigenvalue weighted by molar-refractivity contribution is 5.91. The lowest BCUT2D eigenvalue weighted by Gasteiger charge is -2.33. The fourth-order valence-corrected chi connectivity index (χ4v) is 2.02. The van der Waals surface area contributed by atoms with Crippen molar-refractivity contribution in [2.45, 2.75) is 39.2 Å². The van der Waals surface area contributed by atoms with Crippen molar-refractivity contribution in [1.29, 1.82) is 0 Å². The minimum atomic E-state index is -0.415. The number of nitrogens with zero attached hydrogens (tertiary/aromatic N) is 1. The minimum absolute atomic E-state index is 0.120. The van der Waals surface area contributed by atoms with E-state index in [4.69, 9.17) is 4.74 Å². The first-order valence-electron chi connectivity index (χ1n) is 6.47. The summed E-state index contributed by atoms with van der Waals surface area (Å²) in [5, 5.41) is 0. The predicted octanol–water partition coefficient (Wildman–Crippen LogP) is 2.06. The summed E-state index contributed by atoms with van der Waals surface area (Å²) in [5.41, 5.74) is 0. The molecule has 0 aromatic rings. The molecule has 4 heteroatoms. The van der Waals surface area contributed by atoms with Gasteiger partial charge >= 0.3 is 5.97 Å². The molecule has 1 fully saturated rings. The van der Waals surface area contributed by atoms with E-state index in [0.717, 1.165) is 12.8 Å². The Balaban J connectivity index is 2.69. The van der Waals surface area contributed by atoms with Crippen molar-refractivity contribution >= 4 is 11.9 Å². The molecule has 0 saturated carbocycles. The molecule has 0 bridgehead atoms. The maximum absolute atomic E-state index is 12.0. The van der Waals surface area contributed by atoms with E-state index in [1.165, 1.54) is 6.08 Å². The highest BCUT2D eigenvalue weighted by atomic mass is 16.5. The Kier molecular flexibility index (Phi) is 6.19. The molecule has 1 rings (SSSR count). The fourth-order valence-electron chi connectivity index (χ4n) is 2.02. The van der Waals surface area contributed by atoms with Gasteiger partial charge in [-0.15, -0.1) is 0 Å². The van der Waals surface area contributed by atoms with Crippen LogP contribution in [0.1, 0.15) is 33.1 Å². The van der Waals surface area contributed by atoms with E-state index < -0.39 is 6.04 Å². The van der Waals surface area contributed by atoms with E-state index in [-0.39, 0.29) is 11.9 Å². The van der Waals surface area contributed by atoms with Crippen molar-refractivity contribution in [2.75, 3.05) is 13.2 Å². The molecule has 1 aliphatic heterocycles. The average molecular weight is 251 g/mol. The average Bonchev–Trinajstić information content (AvgIpc) is 2.39. The molecular weight excluding hydrogens is 230 g/mol. The van der Waals surface area contributed by atoms with Gasteiger partial charge < -0.3 is 9.64 Å². The van der Waals surface area contributed by atoms with Gasteiger partial charge in [0.2, 0.25) is 5.91 Å². The number of piperidine rings is 1. The third-order valence-corrected chi connectivity index (χ3v) is 2.89. The normalized spacial score (nSPS) is 20.6. The number of rotatable bonds is 4. The quantitative estimate of drug-likeness (QED) is 0.436. The lowest BCUT2D eigenvalue weighted by Crippen LogP contribution is -2.48. The number of esters is 1. The number of hydrogen-bond donors (Lipinski definition) is 0. The SMILES string of the molecule is CC=C/C=C/C(=O)N1CCCCC1C(=O)OCC. The number of carbonyl (C=O) groups excluding carboxylic acids is 2. The van der Waals surface area contributed by atoms with Crippen LogP contribution in [0.15, 0.2) is 24.3 Å². The summed E-state index contributed by atoms with van der Waals surface area (Å²) in [6.45, 7) is 4.64. The molecule has 1 amide bonds. The second-order valence-corrected chi connectivity index (χ2v) is 4.18. The van der Waals surface area contributed by atoms with Gasteiger partial charge in [-0.05, 0) is 33.1 Å². The third-order valence-electron chi connectivity index (χ3n) is 2.89. The number of hydrogen-bond acceptors (Lipinski definition) is 3. The standard InChI is InChI=1S/C14H21NO3/c1-3-5-6-10-13(16)15-11-8-7-9-12(15)14(17)18-4-2/h3,5-6,10,12H,4,7-9,11H2,1-2H3/b5-3?,10-6+. The molecule has 100 valence electrons. The largest absolute Gasteiger partial charge is 0.464 e. The van der Waals surface area contributed by atoms with Crippen LogP contribution in [0, 0.1) is 0 Å². The second-order valence-electron chi connectivity index (χ2n) is 4.18. The Morgan fingerprint density at radius 1 is 1.33 bits per heavy atom. The molecule has 0 N–H and O–H groups in total. The zero-order valence-corrected chi connectivity index (χ0v) is 11.1. The van der Waals surface area contributed by atoms with Crippen LogP contribution >= 0.6 is 0 Å². The van der Waals surface area contributed by atoms with E-state index in [9.17, 15) is 9.59 Å². The number of carbonyl (C=O) groups is 2. The van der Waals surface area contributed by atoms with E-state index in [2.05, 4.69) is 0 Å². The summed E-state index contributed by atoms with van der Waals surface area (Å²) in [7, 11) is 0. The van der Waals surface area contributed by atoms with Crippen LogP contribution in [0.25, 0.3) is 0 Å². The lowest BCUT2D eigenvalue weighted by atomic mass is 10.0. The molecule has 0 aliphatic carbocycles. The molecule has 0 radical (unpaired) electrons. The molecule has 1 saturated heterocycles. The number of amides is 1. The summed E-state index contributed by atoms with van der Waals surface area (Å²) in [6.07, 6.45) is 9.44. The molecule has 1 atom stereocenters. The monoisotopic (exact) mass is 251 g/mol. The van der Waals surface area contributed by atoms with Crippen LogP contribution in [-0.4, -0.2) is 36.0 Å². The Morgan fingerprint density at radius 2 is 2.11 bits per heavy atom. The molecule has 0 aromatic heterocycles. The summed E-state index contributed by atoms with van der Waals surface area (Å²) in [4.78, 5) is 25.4.